The summed E-state index contributed by atoms with van der Waals surface area (Å²) >= 11 is 0. The SMILES string of the molecule is O=C(NC1CCC(=Cc2cccc(Oc3ccc(C(F)(F)F)cn3)c2)CC1)c1ccc(C(F)(F)F)nc1. The lowest BCUT2D eigenvalue weighted by Gasteiger charge is -2.25. The van der Waals surface area contributed by atoms with E-state index in [1.54, 1.807) is 18.2 Å². The van der Waals surface area contributed by atoms with Crippen molar-refractivity contribution in [3.8, 4) is 11.6 Å². The van der Waals surface area contributed by atoms with Crippen LogP contribution in [0.25, 0.3) is 6.08 Å². The van der Waals surface area contributed by atoms with Crippen molar-refractivity contribution in [2.24, 2.45) is 0 Å². The fourth-order valence-electron chi connectivity index (χ4n) is 3.87. The zero-order chi connectivity index (χ0) is 26.6. The molecule has 5 nitrogen and oxygen atoms in total. The highest BCUT2D eigenvalue weighted by atomic mass is 19.4. The van der Waals surface area contributed by atoms with E-state index in [-0.39, 0.29) is 17.5 Å². The number of rotatable bonds is 5. The Morgan fingerprint density at radius 2 is 1.68 bits per heavy atom. The quantitative estimate of drug-likeness (QED) is 0.365. The number of halogens is 6. The molecule has 0 spiro atoms. The van der Waals surface area contributed by atoms with E-state index in [0.29, 0.717) is 37.6 Å². The van der Waals surface area contributed by atoms with E-state index >= 15 is 0 Å². The fourth-order valence-corrected chi connectivity index (χ4v) is 3.87. The standard InChI is InChI=1S/C26H21F6N3O2/c27-25(28,29)19-7-11-23(34-15-19)37-21-3-1-2-17(13-21)12-16-4-8-20(9-5-16)35-24(36)18-6-10-22(33-14-18)26(30,31)32/h1-3,6-7,10-15,20H,4-5,8-9H2,(H,35,36). The summed E-state index contributed by atoms with van der Waals surface area (Å²) in [7, 11) is 0. The highest BCUT2D eigenvalue weighted by Gasteiger charge is 2.32. The Hall–Kier alpha value is -3.89. The summed E-state index contributed by atoms with van der Waals surface area (Å²) in [5, 5.41) is 2.84. The van der Waals surface area contributed by atoms with Gasteiger partial charge in [-0.15, -0.1) is 0 Å². The lowest BCUT2D eigenvalue weighted by molar-refractivity contribution is -0.141. The van der Waals surface area contributed by atoms with Crippen LogP contribution >= 0.6 is 0 Å². The number of alkyl halides is 6. The molecular weight excluding hydrogens is 500 g/mol. The first-order valence-corrected chi connectivity index (χ1v) is 11.3. The third kappa shape index (κ3) is 7.08. The number of nitrogens with one attached hydrogen (secondary N) is 1. The van der Waals surface area contributed by atoms with Gasteiger partial charge >= 0.3 is 12.4 Å². The number of carbonyl (C=O) groups is 1. The van der Waals surface area contributed by atoms with Crippen LogP contribution in [0, 0.1) is 0 Å². The molecule has 1 N–H and O–H groups in total. The van der Waals surface area contributed by atoms with Crippen LogP contribution in [0.3, 0.4) is 0 Å². The van der Waals surface area contributed by atoms with Gasteiger partial charge < -0.3 is 10.1 Å². The molecule has 2 aromatic heterocycles. The lowest BCUT2D eigenvalue weighted by Crippen LogP contribution is -2.36. The largest absolute Gasteiger partial charge is 0.439 e. The van der Waals surface area contributed by atoms with Crippen LogP contribution in [-0.2, 0) is 12.4 Å². The minimum absolute atomic E-state index is 0.0392. The van der Waals surface area contributed by atoms with Crippen molar-refractivity contribution >= 4 is 12.0 Å². The minimum Gasteiger partial charge on any atom is -0.439 e. The van der Waals surface area contributed by atoms with Crippen LogP contribution in [-0.4, -0.2) is 21.9 Å². The maximum absolute atomic E-state index is 12.7. The summed E-state index contributed by atoms with van der Waals surface area (Å²) in [5.74, 6) is -0.00890. The Bertz CT molecular complexity index is 1260. The average molecular weight is 521 g/mol. The molecule has 0 bridgehead atoms. The third-order valence-corrected chi connectivity index (χ3v) is 5.79. The van der Waals surface area contributed by atoms with Crippen LogP contribution in [0.5, 0.6) is 11.6 Å². The second kappa shape index (κ2) is 10.6. The van der Waals surface area contributed by atoms with Gasteiger partial charge in [0.05, 0.1) is 11.1 Å². The number of hydrogen-bond donors (Lipinski definition) is 1. The maximum atomic E-state index is 12.7. The number of amides is 1. The third-order valence-electron chi connectivity index (χ3n) is 5.79. The molecule has 0 atom stereocenters. The predicted molar refractivity (Wildman–Crippen MR) is 123 cm³/mol. The second-order valence-corrected chi connectivity index (χ2v) is 8.54. The van der Waals surface area contributed by atoms with Gasteiger partial charge in [-0.3, -0.25) is 9.78 Å². The van der Waals surface area contributed by atoms with Gasteiger partial charge in [0.1, 0.15) is 11.4 Å². The number of ether oxygens (including phenoxy) is 1. The van der Waals surface area contributed by atoms with Crippen molar-refractivity contribution in [3.05, 3.63) is 88.9 Å². The summed E-state index contributed by atoms with van der Waals surface area (Å²) in [6, 6.07) is 10.9. The van der Waals surface area contributed by atoms with Crippen molar-refractivity contribution in [2.45, 2.75) is 44.1 Å². The van der Waals surface area contributed by atoms with E-state index in [1.807, 2.05) is 12.1 Å². The Labute approximate surface area is 208 Å². The van der Waals surface area contributed by atoms with Gasteiger partial charge in [-0.25, -0.2) is 4.98 Å². The van der Waals surface area contributed by atoms with Crippen molar-refractivity contribution in [1.29, 1.82) is 0 Å². The molecule has 0 saturated heterocycles. The molecule has 1 aliphatic carbocycles. The van der Waals surface area contributed by atoms with Gasteiger partial charge in [0.15, 0.2) is 0 Å². The molecule has 0 radical (unpaired) electrons. The van der Waals surface area contributed by atoms with E-state index in [0.717, 1.165) is 41.6 Å². The summed E-state index contributed by atoms with van der Waals surface area (Å²) < 4.78 is 81.6. The smallest absolute Gasteiger partial charge is 0.433 e. The molecule has 11 heteroatoms. The van der Waals surface area contributed by atoms with Crippen LogP contribution in [0.15, 0.2) is 66.5 Å². The molecule has 0 unspecified atom stereocenters. The number of benzene rings is 1. The predicted octanol–water partition coefficient (Wildman–Crippen LogP) is 7.06. The Kier molecular flexibility index (Phi) is 7.51. The summed E-state index contributed by atoms with van der Waals surface area (Å²) in [6.07, 6.45) is -2.66. The molecule has 1 fully saturated rings. The first-order valence-electron chi connectivity index (χ1n) is 11.3. The van der Waals surface area contributed by atoms with Gasteiger partial charge in [-0.2, -0.15) is 26.3 Å². The first kappa shape index (κ1) is 26.2. The zero-order valence-corrected chi connectivity index (χ0v) is 19.2. The maximum Gasteiger partial charge on any atom is 0.433 e. The van der Waals surface area contributed by atoms with E-state index < -0.39 is 29.5 Å². The van der Waals surface area contributed by atoms with E-state index in [9.17, 15) is 31.1 Å². The Balaban J connectivity index is 1.31. The second-order valence-electron chi connectivity index (χ2n) is 8.54. The van der Waals surface area contributed by atoms with Crippen molar-refractivity contribution in [2.75, 3.05) is 0 Å². The summed E-state index contributed by atoms with van der Waals surface area (Å²) in [4.78, 5) is 19.4. The van der Waals surface area contributed by atoms with Crippen LogP contribution in [0.4, 0.5) is 26.3 Å². The normalized spacial score (nSPS) is 16.3. The molecule has 0 aliphatic heterocycles. The van der Waals surface area contributed by atoms with Gasteiger partial charge in [-0.1, -0.05) is 23.8 Å². The van der Waals surface area contributed by atoms with Crippen LogP contribution < -0.4 is 10.1 Å². The first-order chi connectivity index (χ1) is 17.5. The number of carbonyl (C=O) groups excluding carboxylic acids is 1. The molecule has 3 aromatic rings. The van der Waals surface area contributed by atoms with E-state index in [4.69, 9.17) is 4.74 Å². The van der Waals surface area contributed by atoms with Gasteiger partial charge in [-0.05, 0) is 61.6 Å². The lowest BCUT2D eigenvalue weighted by atomic mass is 9.89. The number of pyridine rings is 2. The topological polar surface area (TPSA) is 64.1 Å². The molecule has 194 valence electrons. The Morgan fingerprint density at radius 1 is 0.919 bits per heavy atom. The monoisotopic (exact) mass is 521 g/mol. The highest BCUT2D eigenvalue weighted by Crippen LogP contribution is 2.31. The number of nitrogens with zero attached hydrogens (tertiary/aromatic N) is 2. The molecular formula is C26H21F6N3O2. The van der Waals surface area contributed by atoms with Crippen molar-refractivity contribution < 1.29 is 35.9 Å². The molecule has 4 rings (SSSR count). The van der Waals surface area contributed by atoms with Crippen molar-refractivity contribution in [1.82, 2.24) is 15.3 Å². The summed E-state index contributed by atoms with van der Waals surface area (Å²) in [5.41, 5.74) is 0.139. The van der Waals surface area contributed by atoms with E-state index in [1.165, 1.54) is 0 Å². The molecule has 1 amide bonds. The van der Waals surface area contributed by atoms with Crippen LogP contribution in [0.2, 0.25) is 0 Å². The van der Waals surface area contributed by atoms with E-state index in [2.05, 4.69) is 15.3 Å². The molecule has 1 saturated carbocycles. The van der Waals surface area contributed by atoms with Gasteiger partial charge in [0, 0.05) is 24.5 Å². The highest BCUT2D eigenvalue weighted by molar-refractivity contribution is 5.94. The van der Waals surface area contributed by atoms with Crippen LogP contribution in [0.1, 0.15) is 52.9 Å². The van der Waals surface area contributed by atoms with Crippen molar-refractivity contribution in [3.63, 3.8) is 0 Å². The fraction of sp³-hybridized carbons (Fsp3) is 0.269. The number of allylic oxidation sites excluding steroid dienone is 1. The number of hydrogen-bond acceptors (Lipinski definition) is 4. The minimum atomic E-state index is -4.56. The molecule has 2 heterocycles. The molecule has 1 aliphatic rings. The number of aromatic nitrogens is 2. The zero-order valence-electron chi connectivity index (χ0n) is 19.2. The molecule has 1 aromatic carbocycles. The van der Waals surface area contributed by atoms with Gasteiger partial charge in [0.2, 0.25) is 5.88 Å². The average Bonchev–Trinajstić information content (AvgIpc) is 2.85. The summed E-state index contributed by atoms with van der Waals surface area (Å²) in [6.45, 7) is 0. The molecule has 37 heavy (non-hydrogen) atoms. The Morgan fingerprint density at radius 3 is 2.27 bits per heavy atom. The van der Waals surface area contributed by atoms with Gasteiger partial charge in [0.25, 0.3) is 5.91 Å².